The molecule has 0 unspecified atom stereocenters. The van der Waals surface area contributed by atoms with Crippen molar-refractivity contribution in [3.8, 4) is 6.07 Å². The molecule has 0 aromatic heterocycles. The van der Waals surface area contributed by atoms with Gasteiger partial charge in [-0.15, -0.1) is 0 Å². The lowest BCUT2D eigenvalue weighted by atomic mass is 10.1. The van der Waals surface area contributed by atoms with Gasteiger partial charge in [-0.25, -0.2) is 0 Å². The van der Waals surface area contributed by atoms with E-state index < -0.39 is 6.10 Å². The molecule has 1 heterocycles. The second-order valence-electron chi connectivity index (χ2n) is 6.22. The molecule has 25 heavy (non-hydrogen) atoms. The second kappa shape index (κ2) is 7.93. The Kier molecular flexibility index (Phi) is 5.44. The van der Waals surface area contributed by atoms with Gasteiger partial charge in [0, 0.05) is 32.7 Å². The van der Waals surface area contributed by atoms with Gasteiger partial charge in [-0.3, -0.25) is 9.69 Å². The van der Waals surface area contributed by atoms with Crippen molar-refractivity contribution in [2.45, 2.75) is 12.6 Å². The zero-order valence-electron chi connectivity index (χ0n) is 14.0. The van der Waals surface area contributed by atoms with Crippen LogP contribution in [-0.2, 0) is 11.3 Å². The number of hydrogen-bond acceptors (Lipinski definition) is 4. The Balaban J connectivity index is 1.52. The number of amides is 1. The van der Waals surface area contributed by atoms with Gasteiger partial charge >= 0.3 is 0 Å². The van der Waals surface area contributed by atoms with E-state index in [2.05, 4.69) is 11.0 Å². The van der Waals surface area contributed by atoms with Crippen molar-refractivity contribution in [3.63, 3.8) is 0 Å². The van der Waals surface area contributed by atoms with E-state index >= 15 is 0 Å². The number of benzene rings is 2. The van der Waals surface area contributed by atoms with Crippen LogP contribution >= 0.6 is 0 Å². The molecule has 0 radical (unpaired) electrons. The van der Waals surface area contributed by atoms with E-state index in [1.165, 1.54) is 0 Å². The van der Waals surface area contributed by atoms with E-state index in [1.54, 1.807) is 17.0 Å². The van der Waals surface area contributed by atoms with Gasteiger partial charge in [-0.2, -0.15) is 5.26 Å². The van der Waals surface area contributed by atoms with E-state index in [1.807, 2.05) is 42.5 Å². The summed E-state index contributed by atoms with van der Waals surface area (Å²) in [5.74, 6) is -0.232. The lowest BCUT2D eigenvalue weighted by Gasteiger charge is -2.35. The molecule has 1 amide bonds. The molecule has 2 aromatic rings. The molecule has 128 valence electrons. The van der Waals surface area contributed by atoms with Gasteiger partial charge in [-0.05, 0) is 23.3 Å². The average Bonchev–Trinajstić information content (AvgIpc) is 2.69. The Morgan fingerprint density at radius 1 is 1.04 bits per heavy atom. The van der Waals surface area contributed by atoms with E-state index in [-0.39, 0.29) is 5.91 Å². The molecular weight excluding hydrogens is 314 g/mol. The quantitative estimate of drug-likeness (QED) is 0.927. The molecule has 1 aliphatic rings. The van der Waals surface area contributed by atoms with Crippen LogP contribution in [-0.4, -0.2) is 47.0 Å². The van der Waals surface area contributed by atoms with Crippen LogP contribution in [0, 0.1) is 11.3 Å². The fraction of sp³-hybridized carbons (Fsp3) is 0.300. The number of carbonyl (C=O) groups excluding carboxylic acids is 1. The Hall–Kier alpha value is -2.68. The standard InChI is InChI=1S/C20H21N3O2/c21-14-16-6-8-17(9-7-16)15-22-10-12-23(13-11-22)20(25)19(24)18-4-2-1-3-5-18/h1-9,19,24H,10-13,15H2/t19-/m0/s1. The van der Waals surface area contributed by atoms with E-state index in [4.69, 9.17) is 5.26 Å². The van der Waals surface area contributed by atoms with Gasteiger partial charge in [0.1, 0.15) is 0 Å². The Labute approximate surface area is 147 Å². The summed E-state index contributed by atoms with van der Waals surface area (Å²) < 4.78 is 0. The predicted octanol–water partition coefficient (Wildman–Crippen LogP) is 1.94. The van der Waals surface area contributed by atoms with Gasteiger partial charge in [-0.1, -0.05) is 42.5 Å². The van der Waals surface area contributed by atoms with Gasteiger partial charge in [0.15, 0.2) is 6.10 Å². The zero-order chi connectivity index (χ0) is 17.6. The fourth-order valence-electron chi connectivity index (χ4n) is 3.02. The maximum absolute atomic E-state index is 12.5. The van der Waals surface area contributed by atoms with Crippen molar-refractivity contribution in [2.24, 2.45) is 0 Å². The summed E-state index contributed by atoms with van der Waals surface area (Å²) in [7, 11) is 0. The molecule has 0 spiro atoms. The minimum atomic E-state index is -1.09. The summed E-state index contributed by atoms with van der Waals surface area (Å²) in [5, 5.41) is 19.1. The van der Waals surface area contributed by atoms with Crippen molar-refractivity contribution in [2.75, 3.05) is 26.2 Å². The highest BCUT2D eigenvalue weighted by Gasteiger charge is 2.26. The van der Waals surface area contributed by atoms with Crippen LogP contribution in [0.15, 0.2) is 54.6 Å². The summed E-state index contributed by atoms with van der Waals surface area (Å²) >= 11 is 0. The van der Waals surface area contributed by atoms with Crippen LogP contribution in [0.4, 0.5) is 0 Å². The highest BCUT2D eigenvalue weighted by Crippen LogP contribution is 2.17. The van der Waals surface area contributed by atoms with Gasteiger partial charge in [0.2, 0.25) is 0 Å². The van der Waals surface area contributed by atoms with Crippen molar-refractivity contribution in [1.29, 1.82) is 5.26 Å². The second-order valence-corrected chi connectivity index (χ2v) is 6.22. The third-order valence-corrected chi connectivity index (χ3v) is 4.52. The third kappa shape index (κ3) is 4.24. The van der Waals surface area contributed by atoms with Crippen molar-refractivity contribution < 1.29 is 9.90 Å². The highest BCUT2D eigenvalue weighted by molar-refractivity contribution is 5.82. The number of hydrogen-bond donors (Lipinski definition) is 1. The number of carbonyl (C=O) groups is 1. The Morgan fingerprint density at radius 2 is 1.68 bits per heavy atom. The largest absolute Gasteiger partial charge is 0.378 e. The van der Waals surface area contributed by atoms with Gasteiger partial charge in [0.05, 0.1) is 11.6 Å². The fourth-order valence-corrected chi connectivity index (χ4v) is 3.02. The van der Waals surface area contributed by atoms with Crippen LogP contribution < -0.4 is 0 Å². The van der Waals surface area contributed by atoms with Crippen molar-refractivity contribution in [1.82, 2.24) is 9.80 Å². The van der Waals surface area contributed by atoms with Gasteiger partial charge in [0.25, 0.3) is 5.91 Å². The molecule has 0 aliphatic carbocycles. The molecule has 1 N–H and O–H groups in total. The number of aliphatic hydroxyl groups is 1. The number of nitriles is 1. The SMILES string of the molecule is N#Cc1ccc(CN2CCN(C(=O)[C@@H](O)c3ccccc3)CC2)cc1. The topological polar surface area (TPSA) is 67.6 Å². The van der Waals surface area contributed by atoms with E-state index in [0.717, 1.165) is 25.2 Å². The summed E-state index contributed by atoms with van der Waals surface area (Å²) in [4.78, 5) is 16.5. The van der Waals surface area contributed by atoms with E-state index in [0.29, 0.717) is 24.2 Å². The summed E-state index contributed by atoms with van der Waals surface area (Å²) in [6, 6.07) is 18.7. The minimum absolute atomic E-state index is 0.232. The van der Waals surface area contributed by atoms with Crippen LogP contribution in [0.25, 0.3) is 0 Å². The number of nitrogens with zero attached hydrogens (tertiary/aromatic N) is 3. The summed E-state index contributed by atoms with van der Waals surface area (Å²) in [6.45, 7) is 3.56. The first-order chi connectivity index (χ1) is 12.2. The molecule has 1 fully saturated rings. The maximum Gasteiger partial charge on any atom is 0.256 e. The average molecular weight is 335 g/mol. The molecule has 5 nitrogen and oxygen atoms in total. The number of aliphatic hydroxyl groups excluding tert-OH is 1. The van der Waals surface area contributed by atoms with Crippen LogP contribution in [0.2, 0.25) is 0 Å². The smallest absolute Gasteiger partial charge is 0.256 e. The summed E-state index contributed by atoms with van der Waals surface area (Å²) in [5.41, 5.74) is 2.45. The minimum Gasteiger partial charge on any atom is -0.378 e. The van der Waals surface area contributed by atoms with Crippen molar-refractivity contribution >= 4 is 5.91 Å². The lowest BCUT2D eigenvalue weighted by Crippen LogP contribution is -2.49. The van der Waals surface area contributed by atoms with Gasteiger partial charge < -0.3 is 10.0 Å². The van der Waals surface area contributed by atoms with Crippen LogP contribution in [0.3, 0.4) is 0 Å². The van der Waals surface area contributed by atoms with Crippen molar-refractivity contribution in [3.05, 3.63) is 71.3 Å². The van der Waals surface area contributed by atoms with Crippen LogP contribution in [0.1, 0.15) is 22.8 Å². The number of piperazine rings is 1. The number of rotatable bonds is 4. The first-order valence-electron chi connectivity index (χ1n) is 8.40. The van der Waals surface area contributed by atoms with Crippen LogP contribution in [0.5, 0.6) is 0 Å². The first kappa shape index (κ1) is 17.2. The molecule has 3 rings (SSSR count). The highest BCUT2D eigenvalue weighted by atomic mass is 16.3. The Bertz CT molecular complexity index is 745. The zero-order valence-corrected chi connectivity index (χ0v) is 14.0. The molecule has 5 heteroatoms. The Morgan fingerprint density at radius 3 is 2.28 bits per heavy atom. The third-order valence-electron chi connectivity index (χ3n) is 4.52. The van der Waals surface area contributed by atoms with E-state index in [9.17, 15) is 9.90 Å². The monoisotopic (exact) mass is 335 g/mol. The normalized spacial score (nSPS) is 16.2. The molecule has 0 bridgehead atoms. The first-order valence-corrected chi connectivity index (χ1v) is 8.40. The predicted molar refractivity (Wildman–Crippen MR) is 94.4 cm³/mol. The maximum atomic E-state index is 12.5. The molecule has 1 atom stereocenters. The molecule has 1 saturated heterocycles. The molecular formula is C20H21N3O2. The molecule has 0 saturated carbocycles. The molecule has 1 aliphatic heterocycles. The summed E-state index contributed by atoms with van der Waals surface area (Å²) in [6.07, 6.45) is -1.09. The lowest BCUT2D eigenvalue weighted by molar-refractivity contribution is -0.142. The molecule has 2 aromatic carbocycles.